The largest absolute Gasteiger partial charge is 0.493 e. The van der Waals surface area contributed by atoms with Crippen LogP contribution in [0.4, 0.5) is 0 Å². The second-order valence-corrected chi connectivity index (χ2v) is 6.67. The lowest BCUT2D eigenvalue weighted by Gasteiger charge is -2.08. The SMILES string of the molecule is Cc1ccc(OCCSc2nc(-c3ccccc3)c(C#N)c(=O)[nH]2)cc1. The molecule has 0 aliphatic carbocycles. The highest BCUT2D eigenvalue weighted by atomic mass is 32.2. The van der Waals surface area contributed by atoms with Crippen LogP contribution in [0.2, 0.25) is 0 Å². The molecule has 0 fully saturated rings. The molecule has 0 aliphatic heterocycles. The van der Waals surface area contributed by atoms with Gasteiger partial charge in [0.2, 0.25) is 0 Å². The number of hydrogen-bond donors (Lipinski definition) is 1. The zero-order valence-electron chi connectivity index (χ0n) is 14.2. The van der Waals surface area contributed by atoms with Crippen LogP contribution in [-0.2, 0) is 0 Å². The van der Waals surface area contributed by atoms with Gasteiger partial charge < -0.3 is 9.72 Å². The van der Waals surface area contributed by atoms with Crippen molar-refractivity contribution >= 4 is 11.8 Å². The van der Waals surface area contributed by atoms with Gasteiger partial charge in [0.25, 0.3) is 5.56 Å². The van der Waals surface area contributed by atoms with Gasteiger partial charge in [0.15, 0.2) is 5.16 Å². The maximum Gasteiger partial charge on any atom is 0.270 e. The highest BCUT2D eigenvalue weighted by Gasteiger charge is 2.13. The topological polar surface area (TPSA) is 78.8 Å². The third-order valence-corrected chi connectivity index (χ3v) is 4.51. The van der Waals surface area contributed by atoms with Gasteiger partial charge in [0, 0.05) is 11.3 Å². The molecule has 0 aliphatic rings. The Hall–Kier alpha value is -3.04. The summed E-state index contributed by atoms with van der Waals surface area (Å²) >= 11 is 1.38. The van der Waals surface area contributed by atoms with Crippen LogP contribution in [0.3, 0.4) is 0 Å². The molecular weight excluding hydrogens is 346 g/mol. The molecule has 26 heavy (non-hydrogen) atoms. The highest BCUT2D eigenvalue weighted by molar-refractivity contribution is 7.99. The molecule has 0 amide bonds. The summed E-state index contributed by atoms with van der Waals surface area (Å²) in [6, 6.07) is 19.0. The standard InChI is InChI=1S/C20H17N3O2S/c1-14-7-9-16(10-8-14)25-11-12-26-20-22-18(15-5-3-2-4-6-15)17(13-21)19(24)23-20/h2-10H,11-12H2,1H3,(H,22,23,24). The summed E-state index contributed by atoms with van der Waals surface area (Å²) in [5.41, 5.74) is 1.92. The summed E-state index contributed by atoms with van der Waals surface area (Å²) in [4.78, 5) is 19.3. The normalized spacial score (nSPS) is 10.3. The molecule has 6 heteroatoms. The van der Waals surface area contributed by atoms with Crippen molar-refractivity contribution in [2.75, 3.05) is 12.4 Å². The molecule has 0 radical (unpaired) electrons. The van der Waals surface area contributed by atoms with Gasteiger partial charge in [0.05, 0.1) is 12.3 Å². The first kappa shape index (κ1) is 17.8. The number of H-pyrrole nitrogens is 1. The monoisotopic (exact) mass is 363 g/mol. The quantitative estimate of drug-likeness (QED) is 0.409. The van der Waals surface area contributed by atoms with Crippen LogP contribution in [0.15, 0.2) is 64.5 Å². The van der Waals surface area contributed by atoms with Crippen molar-refractivity contribution in [2.45, 2.75) is 12.1 Å². The molecule has 130 valence electrons. The van der Waals surface area contributed by atoms with Crippen LogP contribution < -0.4 is 10.3 Å². The van der Waals surface area contributed by atoms with E-state index in [-0.39, 0.29) is 5.56 Å². The number of nitrogens with one attached hydrogen (secondary N) is 1. The minimum absolute atomic E-state index is 0.0245. The van der Waals surface area contributed by atoms with E-state index in [9.17, 15) is 10.1 Å². The van der Waals surface area contributed by atoms with Gasteiger partial charge in [-0.1, -0.05) is 59.8 Å². The highest BCUT2D eigenvalue weighted by Crippen LogP contribution is 2.21. The predicted octanol–water partition coefficient (Wildman–Crippen LogP) is 3.79. The number of rotatable bonds is 6. The molecule has 5 nitrogen and oxygen atoms in total. The van der Waals surface area contributed by atoms with Crippen molar-refractivity contribution in [1.29, 1.82) is 5.26 Å². The van der Waals surface area contributed by atoms with Crippen molar-refractivity contribution in [1.82, 2.24) is 9.97 Å². The Balaban J connectivity index is 1.70. The predicted molar refractivity (Wildman–Crippen MR) is 102 cm³/mol. The fraction of sp³-hybridized carbons (Fsp3) is 0.150. The second-order valence-electron chi connectivity index (χ2n) is 5.58. The van der Waals surface area contributed by atoms with Gasteiger partial charge in [-0.2, -0.15) is 5.26 Å². The summed E-state index contributed by atoms with van der Waals surface area (Å²) < 4.78 is 5.68. The maximum atomic E-state index is 12.2. The summed E-state index contributed by atoms with van der Waals surface area (Å²) in [5.74, 6) is 1.43. The Kier molecular flexibility index (Phi) is 5.72. The van der Waals surface area contributed by atoms with Crippen molar-refractivity contribution in [3.63, 3.8) is 0 Å². The smallest absolute Gasteiger partial charge is 0.270 e. The van der Waals surface area contributed by atoms with Gasteiger partial charge in [-0.25, -0.2) is 4.98 Å². The van der Waals surface area contributed by atoms with E-state index in [1.54, 1.807) is 0 Å². The molecular formula is C20H17N3O2S. The Morgan fingerprint density at radius 1 is 1.15 bits per heavy atom. The lowest BCUT2D eigenvalue weighted by Crippen LogP contribution is -2.15. The van der Waals surface area contributed by atoms with Crippen LogP contribution in [-0.4, -0.2) is 22.3 Å². The molecule has 1 aromatic heterocycles. The zero-order valence-corrected chi connectivity index (χ0v) is 15.0. The Morgan fingerprint density at radius 3 is 2.58 bits per heavy atom. The second kappa shape index (κ2) is 8.37. The summed E-state index contributed by atoms with van der Waals surface area (Å²) in [7, 11) is 0. The summed E-state index contributed by atoms with van der Waals surface area (Å²) in [6.07, 6.45) is 0. The van der Waals surface area contributed by atoms with E-state index in [4.69, 9.17) is 4.74 Å². The molecule has 2 aromatic carbocycles. The number of aromatic nitrogens is 2. The maximum absolute atomic E-state index is 12.2. The van der Waals surface area contributed by atoms with Crippen LogP contribution in [0.5, 0.6) is 5.75 Å². The first-order valence-corrected chi connectivity index (χ1v) is 9.08. The molecule has 0 spiro atoms. The van der Waals surface area contributed by atoms with Gasteiger partial charge >= 0.3 is 0 Å². The average molecular weight is 363 g/mol. The fourth-order valence-corrected chi connectivity index (χ4v) is 3.04. The Labute approximate surface area is 155 Å². The van der Waals surface area contributed by atoms with Gasteiger partial charge in [-0.15, -0.1) is 0 Å². The fourth-order valence-electron chi connectivity index (χ4n) is 2.36. The van der Waals surface area contributed by atoms with E-state index in [1.165, 1.54) is 17.3 Å². The van der Waals surface area contributed by atoms with Crippen molar-refractivity contribution in [3.8, 4) is 23.1 Å². The van der Waals surface area contributed by atoms with Gasteiger partial charge in [-0.3, -0.25) is 4.79 Å². The lowest BCUT2D eigenvalue weighted by atomic mass is 10.1. The zero-order chi connectivity index (χ0) is 18.4. The number of nitriles is 1. The van der Waals surface area contributed by atoms with Crippen LogP contribution >= 0.6 is 11.8 Å². The molecule has 3 rings (SSSR count). The van der Waals surface area contributed by atoms with Crippen molar-refractivity contribution in [3.05, 3.63) is 76.1 Å². The van der Waals surface area contributed by atoms with Crippen LogP contribution in [0.1, 0.15) is 11.1 Å². The number of ether oxygens (including phenoxy) is 1. The number of aryl methyl sites for hydroxylation is 1. The molecule has 0 atom stereocenters. The molecule has 0 unspecified atom stereocenters. The molecule has 0 saturated heterocycles. The third-order valence-electron chi connectivity index (χ3n) is 3.67. The Bertz CT molecular complexity index is 977. The van der Waals surface area contributed by atoms with E-state index < -0.39 is 5.56 Å². The first-order valence-electron chi connectivity index (χ1n) is 8.09. The van der Waals surface area contributed by atoms with E-state index in [2.05, 4.69) is 9.97 Å². The van der Waals surface area contributed by atoms with Crippen molar-refractivity contribution < 1.29 is 4.74 Å². The van der Waals surface area contributed by atoms with E-state index >= 15 is 0 Å². The number of hydrogen-bond acceptors (Lipinski definition) is 5. The first-order chi connectivity index (χ1) is 12.7. The lowest BCUT2D eigenvalue weighted by molar-refractivity contribution is 0.344. The minimum atomic E-state index is -0.427. The third kappa shape index (κ3) is 4.32. The number of aromatic amines is 1. The van der Waals surface area contributed by atoms with Gasteiger partial charge in [0.1, 0.15) is 17.4 Å². The number of thioether (sulfide) groups is 1. The number of benzene rings is 2. The molecule has 0 bridgehead atoms. The van der Waals surface area contributed by atoms with Gasteiger partial charge in [-0.05, 0) is 19.1 Å². The summed E-state index contributed by atoms with van der Waals surface area (Å²) in [5, 5.41) is 9.75. The average Bonchev–Trinajstić information content (AvgIpc) is 2.67. The minimum Gasteiger partial charge on any atom is -0.493 e. The molecule has 1 N–H and O–H groups in total. The van der Waals surface area contributed by atoms with E-state index in [1.807, 2.05) is 67.6 Å². The molecule has 3 aromatic rings. The molecule has 0 saturated carbocycles. The van der Waals surface area contributed by atoms with E-state index in [0.29, 0.717) is 23.2 Å². The Morgan fingerprint density at radius 2 is 1.88 bits per heavy atom. The summed E-state index contributed by atoms with van der Waals surface area (Å²) in [6.45, 7) is 2.51. The van der Waals surface area contributed by atoms with Crippen LogP contribution in [0.25, 0.3) is 11.3 Å². The number of nitrogens with zero attached hydrogens (tertiary/aromatic N) is 2. The van der Waals surface area contributed by atoms with Crippen molar-refractivity contribution in [2.24, 2.45) is 0 Å². The van der Waals surface area contributed by atoms with E-state index in [0.717, 1.165) is 11.3 Å². The van der Waals surface area contributed by atoms with Crippen LogP contribution in [0, 0.1) is 18.3 Å². The molecule has 1 heterocycles.